The Balaban J connectivity index is 2.50. The van der Waals surface area contributed by atoms with Crippen molar-refractivity contribution in [2.45, 2.75) is 4.90 Å². The Kier molecular flexibility index (Phi) is 6.00. The number of amides is 1. The fourth-order valence-electron chi connectivity index (χ4n) is 2.23. The van der Waals surface area contributed by atoms with E-state index in [1.807, 2.05) is 18.2 Å². The van der Waals surface area contributed by atoms with Crippen molar-refractivity contribution in [2.75, 3.05) is 25.5 Å². The van der Waals surface area contributed by atoms with E-state index in [0.717, 1.165) is 4.31 Å². The third-order valence-electron chi connectivity index (χ3n) is 3.56. The summed E-state index contributed by atoms with van der Waals surface area (Å²) in [6.45, 7) is 3.97. The van der Waals surface area contributed by atoms with Gasteiger partial charge in [-0.25, -0.2) is 12.7 Å². The van der Waals surface area contributed by atoms with E-state index in [2.05, 4.69) is 6.58 Å². The van der Waals surface area contributed by atoms with Crippen LogP contribution in [-0.2, 0) is 10.0 Å². The molecule has 0 heterocycles. The summed E-state index contributed by atoms with van der Waals surface area (Å²) < 4.78 is 25.8. The van der Waals surface area contributed by atoms with Crippen molar-refractivity contribution in [1.82, 2.24) is 4.31 Å². The van der Waals surface area contributed by atoms with E-state index in [-0.39, 0.29) is 21.4 Å². The maximum atomic E-state index is 12.9. The van der Waals surface area contributed by atoms with E-state index in [0.29, 0.717) is 12.2 Å². The highest BCUT2D eigenvalue weighted by Gasteiger charge is 2.24. The van der Waals surface area contributed by atoms with Gasteiger partial charge in [0.1, 0.15) is 4.90 Å². The Bertz CT molecular complexity index is 880. The lowest BCUT2D eigenvalue weighted by atomic mass is 10.1. The zero-order valence-corrected chi connectivity index (χ0v) is 15.6. The van der Waals surface area contributed by atoms with Crippen LogP contribution >= 0.6 is 11.6 Å². The van der Waals surface area contributed by atoms with Gasteiger partial charge in [-0.1, -0.05) is 35.9 Å². The molecule has 0 unspecified atom stereocenters. The molecule has 0 radical (unpaired) electrons. The number of hydrogen-bond acceptors (Lipinski definition) is 3. The van der Waals surface area contributed by atoms with E-state index in [4.69, 9.17) is 11.6 Å². The molecular formula is C18H19ClN2O3S. The Morgan fingerprint density at radius 1 is 1.16 bits per heavy atom. The van der Waals surface area contributed by atoms with Crippen LogP contribution in [0, 0.1) is 0 Å². The summed E-state index contributed by atoms with van der Waals surface area (Å²) >= 11 is 6.04. The van der Waals surface area contributed by atoms with Crippen LogP contribution in [0.5, 0.6) is 0 Å². The van der Waals surface area contributed by atoms with Crippen LogP contribution in [0.1, 0.15) is 10.4 Å². The van der Waals surface area contributed by atoms with Gasteiger partial charge in [0.2, 0.25) is 10.0 Å². The standard InChI is InChI=1S/C18H19ClN2O3S/c1-4-12-21(15-8-6-5-7-9-15)18(22)14-10-11-16(19)17(13-14)25(23,24)20(2)3/h4-11,13H,1,12H2,2-3H3. The van der Waals surface area contributed by atoms with Crippen molar-refractivity contribution in [1.29, 1.82) is 0 Å². The first kappa shape index (κ1) is 19.2. The third kappa shape index (κ3) is 4.10. The summed E-state index contributed by atoms with van der Waals surface area (Å²) in [6, 6.07) is 13.3. The summed E-state index contributed by atoms with van der Waals surface area (Å²) in [5.41, 5.74) is 0.926. The second-order valence-corrected chi connectivity index (χ2v) is 8.00. The minimum atomic E-state index is -3.76. The lowest BCUT2D eigenvalue weighted by molar-refractivity contribution is 0.0989. The fraction of sp³-hybridized carbons (Fsp3) is 0.167. The molecular weight excluding hydrogens is 360 g/mol. The molecule has 1 amide bonds. The van der Waals surface area contributed by atoms with E-state index in [1.165, 1.54) is 37.2 Å². The number of rotatable bonds is 6. The Morgan fingerprint density at radius 2 is 1.80 bits per heavy atom. The number of benzene rings is 2. The Hall–Kier alpha value is -2.15. The fourth-order valence-corrected chi connectivity index (χ4v) is 3.62. The van der Waals surface area contributed by atoms with E-state index < -0.39 is 10.0 Å². The highest BCUT2D eigenvalue weighted by atomic mass is 35.5. The monoisotopic (exact) mass is 378 g/mol. The number of carbonyl (C=O) groups excluding carboxylic acids is 1. The Morgan fingerprint density at radius 3 is 2.36 bits per heavy atom. The molecule has 25 heavy (non-hydrogen) atoms. The molecule has 0 saturated carbocycles. The van der Waals surface area contributed by atoms with Crippen LogP contribution in [0.2, 0.25) is 5.02 Å². The van der Waals surface area contributed by atoms with Crippen LogP contribution in [-0.4, -0.2) is 39.3 Å². The first-order chi connectivity index (χ1) is 11.8. The summed E-state index contributed by atoms with van der Waals surface area (Å²) in [4.78, 5) is 14.3. The molecule has 0 fully saturated rings. The number of hydrogen-bond donors (Lipinski definition) is 0. The van der Waals surface area contributed by atoms with Crippen LogP contribution in [0.25, 0.3) is 0 Å². The first-order valence-electron chi connectivity index (χ1n) is 7.49. The molecule has 2 aromatic carbocycles. The van der Waals surface area contributed by atoms with Crippen molar-refractivity contribution in [3.05, 3.63) is 71.8 Å². The number of carbonyl (C=O) groups is 1. The van der Waals surface area contributed by atoms with Crippen LogP contribution in [0.4, 0.5) is 5.69 Å². The summed E-state index contributed by atoms with van der Waals surface area (Å²) in [6.07, 6.45) is 1.61. The molecule has 0 aliphatic carbocycles. The van der Waals surface area contributed by atoms with E-state index in [9.17, 15) is 13.2 Å². The van der Waals surface area contributed by atoms with E-state index >= 15 is 0 Å². The molecule has 0 aliphatic heterocycles. The van der Waals surface area contributed by atoms with Crippen LogP contribution in [0.3, 0.4) is 0 Å². The second-order valence-electron chi connectivity index (χ2n) is 5.47. The lowest BCUT2D eigenvalue weighted by Crippen LogP contribution is -2.31. The third-order valence-corrected chi connectivity index (χ3v) is 5.86. The number of para-hydroxylation sites is 1. The maximum absolute atomic E-state index is 12.9. The van der Waals surface area contributed by atoms with Gasteiger partial charge >= 0.3 is 0 Å². The highest BCUT2D eigenvalue weighted by molar-refractivity contribution is 7.89. The normalized spacial score (nSPS) is 11.4. The second kappa shape index (κ2) is 7.82. The highest BCUT2D eigenvalue weighted by Crippen LogP contribution is 2.26. The molecule has 132 valence electrons. The van der Waals surface area contributed by atoms with Gasteiger partial charge < -0.3 is 4.90 Å². The average Bonchev–Trinajstić information content (AvgIpc) is 2.60. The number of sulfonamides is 1. The Labute approximate surface area is 153 Å². The number of nitrogens with zero attached hydrogens (tertiary/aromatic N) is 2. The van der Waals surface area contributed by atoms with Gasteiger partial charge in [-0.2, -0.15) is 0 Å². The SMILES string of the molecule is C=CCN(C(=O)c1ccc(Cl)c(S(=O)(=O)N(C)C)c1)c1ccccc1. The summed E-state index contributed by atoms with van der Waals surface area (Å²) in [5, 5.41) is 0.0697. The molecule has 2 rings (SSSR count). The van der Waals surface area contributed by atoms with Gasteiger partial charge in [0.25, 0.3) is 5.91 Å². The van der Waals surface area contributed by atoms with Crippen molar-refractivity contribution < 1.29 is 13.2 Å². The van der Waals surface area contributed by atoms with Gasteiger partial charge in [0.05, 0.1) is 5.02 Å². The van der Waals surface area contributed by atoms with Crippen molar-refractivity contribution in [2.24, 2.45) is 0 Å². The largest absolute Gasteiger partial charge is 0.305 e. The van der Waals surface area contributed by atoms with Gasteiger partial charge in [0, 0.05) is 31.9 Å². The summed E-state index contributed by atoms with van der Waals surface area (Å²) in [7, 11) is -0.934. The molecule has 0 aliphatic rings. The van der Waals surface area contributed by atoms with Gasteiger partial charge in [-0.15, -0.1) is 6.58 Å². The predicted octanol–water partition coefficient (Wildman–Crippen LogP) is 3.42. The quantitative estimate of drug-likeness (QED) is 0.723. The molecule has 7 heteroatoms. The smallest absolute Gasteiger partial charge is 0.258 e. The number of halogens is 1. The molecule has 0 saturated heterocycles. The molecule has 0 atom stereocenters. The van der Waals surface area contributed by atoms with Crippen molar-refractivity contribution >= 4 is 33.2 Å². The lowest BCUT2D eigenvalue weighted by Gasteiger charge is -2.22. The maximum Gasteiger partial charge on any atom is 0.258 e. The minimum absolute atomic E-state index is 0.0697. The van der Waals surface area contributed by atoms with Crippen LogP contribution in [0.15, 0.2) is 66.1 Å². The molecule has 0 bridgehead atoms. The first-order valence-corrected chi connectivity index (χ1v) is 9.30. The molecule has 2 aromatic rings. The van der Waals surface area contributed by atoms with E-state index in [1.54, 1.807) is 18.2 Å². The predicted molar refractivity (Wildman–Crippen MR) is 101 cm³/mol. The van der Waals surface area contributed by atoms with Gasteiger partial charge in [-0.3, -0.25) is 4.79 Å². The molecule has 0 N–H and O–H groups in total. The average molecular weight is 379 g/mol. The molecule has 5 nitrogen and oxygen atoms in total. The minimum Gasteiger partial charge on any atom is -0.305 e. The number of anilines is 1. The zero-order chi connectivity index (χ0) is 18.6. The van der Waals surface area contributed by atoms with Crippen molar-refractivity contribution in [3.63, 3.8) is 0 Å². The zero-order valence-electron chi connectivity index (χ0n) is 14.0. The topological polar surface area (TPSA) is 57.7 Å². The van der Waals surface area contributed by atoms with Gasteiger partial charge in [-0.05, 0) is 30.3 Å². The van der Waals surface area contributed by atoms with Gasteiger partial charge in [0.15, 0.2) is 0 Å². The van der Waals surface area contributed by atoms with Crippen LogP contribution < -0.4 is 4.90 Å². The van der Waals surface area contributed by atoms with Crippen molar-refractivity contribution in [3.8, 4) is 0 Å². The molecule has 0 aromatic heterocycles. The summed E-state index contributed by atoms with van der Waals surface area (Å²) in [5.74, 6) is -0.335. The molecule has 0 spiro atoms.